The van der Waals surface area contributed by atoms with Gasteiger partial charge >= 0.3 is 0 Å². The van der Waals surface area contributed by atoms with Gasteiger partial charge in [-0.3, -0.25) is 4.79 Å². The van der Waals surface area contributed by atoms with Gasteiger partial charge in [0.2, 0.25) is 5.79 Å². The molecule has 0 radical (unpaired) electrons. The molecule has 9 heteroatoms. The van der Waals surface area contributed by atoms with Gasteiger partial charge in [-0.2, -0.15) is 5.26 Å². The van der Waals surface area contributed by atoms with Crippen molar-refractivity contribution in [3.8, 4) is 17.6 Å². The van der Waals surface area contributed by atoms with Crippen LogP contribution in [0, 0.1) is 27.6 Å². The molecule has 0 amide bonds. The van der Waals surface area contributed by atoms with E-state index in [9.17, 15) is 10.1 Å². The number of methoxy groups -OCH3 is 1. The third-order valence-corrected chi connectivity index (χ3v) is 14.9. The van der Waals surface area contributed by atoms with Crippen LogP contribution in [-0.2, 0) is 18.7 Å². The lowest BCUT2D eigenvalue weighted by Crippen LogP contribution is -2.49. The molecule has 2 unspecified atom stereocenters. The molecule has 1 aliphatic carbocycles. The summed E-state index contributed by atoms with van der Waals surface area (Å²) in [6.45, 7) is 28.3. The van der Waals surface area contributed by atoms with Crippen molar-refractivity contribution >= 4 is 28.5 Å². The van der Waals surface area contributed by atoms with Crippen molar-refractivity contribution in [2.75, 3.05) is 20.3 Å². The number of hydrogen-bond donors (Lipinski definition) is 0. The third kappa shape index (κ3) is 8.32. The zero-order valence-corrected chi connectivity index (χ0v) is 32.7. The van der Waals surface area contributed by atoms with Gasteiger partial charge in [0.05, 0.1) is 43.5 Å². The molecule has 1 aromatic carbocycles. The Morgan fingerprint density at radius 2 is 1.61 bits per heavy atom. The van der Waals surface area contributed by atoms with Crippen molar-refractivity contribution < 1.29 is 27.9 Å². The second kappa shape index (κ2) is 13.2. The lowest BCUT2D eigenvalue weighted by Gasteiger charge is -2.46. The zero-order valence-electron chi connectivity index (χ0n) is 30.7. The molecule has 3 rings (SSSR count). The van der Waals surface area contributed by atoms with E-state index in [1.165, 1.54) is 0 Å². The number of carbonyl (C=O) groups excluding carboxylic acids is 1. The van der Waals surface area contributed by atoms with Crippen molar-refractivity contribution in [3.05, 3.63) is 53.6 Å². The molecule has 0 N–H and O–H groups in total. The SMILES string of the molecule is COc1cc(C=CC2(C(C)(C)C(=O)C=CC3(C)C=C(C#N)C(O[Si](C)(C)C)C(C)(C)C3)OCCO2)ccc1O[Si](C)(C)C(C)(C)C. The van der Waals surface area contributed by atoms with Gasteiger partial charge in [-0.05, 0) is 93.3 Å². The summed E-state index contributed by atoms with van der Waals surface area (Å²) in [5.74, 6) is -0.00443. The summed E-state index contributed by atoms with van der Waals surface area (Å²) in [6.07, 6.45) is 9.76. The first-order valence-corrected chi connectivity index (χ1v) is 22.6. The average Bonchev–Trinajstić information content (AvgIpc) is 3.42. The zero-order chi connectivity index (χ0) is 35.0. The molecule has 46 heavy (non-hydrogen) atoms. The van der Waals surface area contributed by atoms with E-state index in [2.05, 4.69) is 80.3 Å². The Labute approximate surface area is 280 Å². The maximum atomic E-state index is 14.0. The summed E-state index contributed by atoms with van der Waals surface area (Å²) in [4.78, 5) is 14.0. The summed E-state index contributed by atoms with van der Waals surface area (Å²) >= 11 is 0. The molecule has 7 nitrogen and oxygen atoms in total. The molecule has 0 bridgehead atoms. The van der Waals surface area contributed by atoms with E-state index in [0.717, 1.165) is 17.7 Å². The van der Waals surface area contributed by atoms with E-state index >= 15 is 0 Å². The molecule has 2 atom stereocenters. The maximum Gasteiger partial charge on any atom is 0.250 e. The summed E-state index contributed by atoms with van der Waals surface area (Å²) < 4.78 is 31.1. The van der Waals surface area contributed by atoms with E-state index in [1.807, 2.05) is 56.4 Å². The second-order valence-electron chi connectivity index (χ2n) is 16.8. The van der Waals surface area contributed by atoms with Crippen molar-refractivity contribution in [1.82, 2.24) is 0 Å². The standard InChI is InChI=1S/C37H57NO6Si2/c1-33(2,3)46(13,14)43-29-16-15-27(23-30(29)40-9)17-20-37(41-21-22-42-37)35(6,7)31(39)18-19-36(8)24-28(25-38)32(34(4,5)26-36)44-45(10,11)12/h15-20,23-24,32H,21-22,26H2,1-14H3. The van der Waals surface area contributed by atoms with Crippen molar-refractivity contribution in [2.24, 2.45) is 16.2 Å². The number of nitriles is 1. The van der Waals surface area contributed by atoms with E-state index in [-0.39, 0.29) is 22.3 Å². The molecular weight excluding hydrogens is 611 g/mol. The normalized spacial score (nSPS) is 23.8. The molecule has 0 aromatic heterocycles. The van der Waals surface area contributed by atoms with Crippen LogP contribution in [0.3, 0.4) is 0 Å². The molecule has 2 aliphatic rings. The average molecular weight is 668 g/mol. The fourth-order valence-corrected chi connectivity index (χ4v) is 8.18. The van der Waals surface area contributed by atoms with Crippen LogP contribution in [0.25, 0.3) is 6.08 Å². The van der Waals surface area contributed by atoms with Gasteiger partial charge in [0.15, 0.2) is 19.9 Å². The van der Waals surface area contributed by atoms with Crippen LogP contribution in [0.5, 0.6) is 11.5 Å². The van der Waals surface area contributed by atoms with Crippen LogP contribution in [0.2, 0.25) is 37.8 Å². The number of nitrogens with zero attached hydrogens (tertiary/aromatic N) is 1. The van der Waals surface area contributed by atoms with Gasteiger partial charge in [0.1, 0.15) is 5.75 Å². The van der Waals surface area contributed by atoms with Crippen LogP contribution >= 0.6 is 0 Å². The molecular formula is C37H57NO6Si2. The molecule has 1 aliphatic heterocycles. The number of benzene rings is 1. The largest absolute Gasteiger partial charge is 0.541 e. The number of ether oxygens (including phenoxy) is 3. The van der Waals surface area contributed by atoms with Crippen LogP contribution in [-0.4, -0.2) is 54.6 Å². The first-order chi connectivity index (χ1) is 20.9. The topological polar surface area (TPSA) is 87.0 Å². The van der Waals surface area contributed by atoms with Gasteiger partial charge in [0.25, 0.3) is 8.32 Å². The van der Waals surface area contributed by atoms with Crippen LogP contribution < -0.4 is 9.16 Å². The molecule has 1 heterocycles. The van der Waals surface area contributed by atoms with Crippen LogP contribution in [0.4, 0.5) is 0 Å². The Hall–Kier alpha value is -2.49. The lowest BCUT2D eigenvalue weighted by atomic mass is 9.64. The van der Waals surface area contributed by atoms with Crippen molar-refractivity contribution in [3.63, 3.8) is 0 Å². The Bertz CT molecular complexity index is 1410. The highest BCUT2D eigenvalue weighted by Gasteiger charge is 2.52. The number of carbonyl (C=O) groups is 1. The summed E-state index contributed by atoms with van der Waals surface area (Å²) in [7, 11) is -2.31. The minimum atomic E-state index is -2.06. The van der Waals surface area contributed by atoms with E-state index in [4.69, 9.17) is 23.1 Å². The molecule has 1 saturated heterocycles. The van der Waals surface area contributed by atoms with Gasteiger partial charge in [-0.25, -0.2) is 0 Å². The smallest absolute Gasteiger partial charge is 0.250 e. The highest BCUT2D eigenvalue weighted by atomic mass is 28.4. The Balaban J connectivity index is 1.89. The second-order valence-corrected chi connectivity index (χ2v) is 26.0. The summed E-state index contributed by atoms with van der Waals surface area (Å²) in [5.41, 5.74) is -0.331. The Morgan fingerprint density at radius 1 is 1.00 bits per heavy atom. The highest BCUT2D eigenvalue weighted by Crippen LogP contribution is 2.48. The summed E-state index contributed by atoms with van der Waals surface area (Å²) in [6, 6.07) is 8.24. The lowest BCUT2D eigenvalue weighted by molar-refractivity contribution is -0.191. The van der Waals surface area contributed by atoms with E-state index < -0.39 is 33.3 Å². The van der Waals surface area contributed by atoms with Gasteiger partial charge in [-0.15, -0.1) is 0 Å². The van der Waals surface area contributed by atoms with Crippen LogP contribution in [0.1, 0.15) is 67.4 Å². The Morgan fingerprint density at radius 3 is 2.13 bits per heavy atom. The first-order valence-electron chi connectivity index (χ1n) is 16.3. The summed E-state index contributed by atoms with van der Waals surface area (Å²) in [5, 5.41) is 10.1. The molecule has 1 aromatic rings. The fourth-order valence-electron chi connectivity index (χ4n) is 6.00. The highest BCUT2D eigenvalue weighted by molar-refractivity contribution is 6.74. The predicted molar refractivity (Wildman–Crippen MR) is 191 cm³/mol. The molecule has 0 spiro atoms. The minimum absolute atomic E-state index is 0.0517. The van der Waals surface area contributed by atoms with Gasteiger partial charge < -0.3 is 23.1 Å². The molecule has 254 valence electrons. The number of ketones is 1. The third-order valence-electron chi connectivity index (χ3n) is 9.59. The van der Waals surface area contributed by atoms with Crippen molar-refractivity contribution in [2.45, 2.75) is 111 Å². The van der Waals surface area contributed by atoms with E-state index in [1.54, 1.807) is 13.2 Å². The quantitative estimate of drug-likeness (QED) is 0.172. The van der Waals surface area contributed by atoms with Crippen LogP contribution in [0.15, 0.2) is 48.1 Å². The molecule has 1 fully saturated rings. The maximum absolute atomic E-state index is 14.0. The number of hydrogen-bond acceptors (Lipinski definition) is 7. The Kier molecular flexibility index (Phi) is 10.9. The monoisotopic (exact) mass is 667 g/mol. The number of rotatable bonds is 11. The number of allylic oxidation sites excluding steroid dienone is 3. The molecule has 0 saturated carbocycles. The van der Waals surface area contributed by atoms with Gasteiger partial charge in [0, 0.05) is 5.41 Å². The first kappa shape index (κ1) is 38.0. The van der Waals surface area contributed by atoms with Gasteiger partial charge in [-0.1, -0.05) is 65.8 Å². The minimum Gasteiger partial charge on any atom is -0.541 e. The van der Waals surface area contributed by atoms with E-state index in [0.29, 0.717) is 24.5 Å². The predicted octanol–water partition coefficient (Wildman–Crippen LogP) is 9.09. The van der Waals surface area contributed by atoms with Crippen molar-refractivity contribution in [1.29, 1.82) is 5.26 Å². The fraction of sp³-hybridized carbons (Fsp3) is 0.622.